The fraction of sp³-hybridized carbons (Fsp3) is 0.320. The van der Waals surface area contributed by atoms with Gasteiger partial charge in [-0.05, 0) is 47.9 Å². The number of carbonyl (C=O) groups excluding carboxylic acids is 1. The van der Waals surface area contributed by atoms with Crippen molar-refractivity contribution in [3.63, 3.8) is 0 Å². The number of anilines is 1. The fourth-order valence-corrected chi connectivity index (χ4v) is 6.22. The molecule has 7 heteroatoms. The molecule has 2 aliphatic rings. The van der Waals surface area contributed by atoms with Crippen molar-refractivity contribution >= 4 is 32.4 Å². The Kier molecular flexibility index (Phi) is 5.49. The van der Waals surface area contributed by atoms with E-state index in [1.807, 2.05) is 60.4 Å². The van der Waals surface area contributed by atoms with E-state index in [0.717, 1.165) is 22.9 Å². The first-order chi connectivity index (χ1) is 15.4. The maximum atomic E-state index is 13.2. The van der Waals surface area contributed by atoms with E-state index in [1.165, 1.54) is 9.87 Å². The van der Waals surface area contributed by atoms with Crippen molar-refractivity contribution in [3.05, 3.63) is 72.3 Å². The summed E-state index contributed by atoms with van der Waals surface area (Å²) in [4.78, 5) is 17.5. The lowest BCUT2D eigenvalue weighted by Gasteiger charge is -2.38. The maximum absolute atomic E-state index is 13.2. The van der Waals surface area contributed by atoms with Gasteiger partial charge in [-0.1, -0.05) is 48.5 Å². The molecule has 3 aromatic carbocycles. The number of rotatable bonds is 4. The van der Waals surface area contributed by atoms with Crippen LogP contribution >= 0.6 is 0 Å². The van der Waals surface area contributed by atoms with Crippen molar-refractivity contribution in [3.8, 4) is 0 Å². The van der Waals surface area contributed by atoms with E-state index in [1.54, 1.807) is 12.1 Å². The number of benzene rings is 3. The van der Waals surface area contributed by atoms with Gasteiger partial charge < -0.3 is 4.90 Å². The van der Waals surface area contributed by atoms with Crippen LogP contribution in [0.25, 0.3) is 10.8 Å². The zero-order chi connectivity index (χ0) is 22.3. The predicted molar refractivity (Wildman–Crippen MR) is 126 cm³/mol. The SMILES string of the molecule is C[C@@H](C(=O)N1CCc2ccccc21)N1CCN(S(=O)(=O)c2ccc3ccccc3c2)CC1. The molecule has 6 nitrogen and oxygen atoms in total. The minimum absolute atomic E-state index is 0.0841. The monoisotopic (exact) mass is 449 g/mol. The summed E-state index contributed by atoms with van der Waals surface area (Å²) in [7, 11) is -3.57. The molecule has 32 heavy (non-hydrogen) atoms. The topological polar surface area (TPSA) is 60.9 Å². The lowest BCUT2D eigenvalue weighted by molar-refractivity contribution is -0.123. The summed E-state index contributed by atoms with van der Waals surface area (Å²) in [6.07, 6.45) is 0.881. The highest BCUT2D eigenvalue weighted by atomic mass is 32.2. The molecule has 0 bridgehead atoms. The summed E-state index contributed by atoms with van der Waals surface area (Å²) in [6.45, 7) is 4.47. The number of carbonyl (C=O) groups is 1. The number of fused-ring (bicyclic) bond motifs is 2. The molecule has 2 aliphatic heterocycles. The summed E-state index contributed by atoms with van der Waals surface area (Å²) in [6, 6.07) is 20.8. The Balaban J connectivity index is 1.26. The number of hydrogen-bond donors (Lipinski definition) is 0. The third kappa shape index (κ3) is 3.70. The summed E-state index contributed by atoms with van der Waals surface area (Å²) in [5.41, 5.74) is 2.21. The summed E-state index contributed by atoms with van der Waals surface area (Å²) in [5, 5.41) is 1.93. The molecule has 0 unspecified atom stereocenters. The van der Waals surface area contributed by atoms with Gasteiger partial charge in [-0.2, -0.15) is 4.31 Å². The Hall–Kier alpha value is -2.74. The van der Waals surface area contributed by atoms with Crippen molar-refractivity contribution in [2.24, 2.45) is 0 Å². The van der Waals surface area contributed by atoms with Crippen LogP contribution in [0.5, 0.6) is 0 Å². The third-order valence-electron chi connectivity index (χ3n) is 6.69. The number of hydrogen-bond acceptors (Lipinski definition) is 4. The smallest absolute Gasteiger partial charge is 0.244 e. The minimum atomic E-state index is -3.57. The number of sulfonamides is 1. The van der Waals surface area contributed by atoms with E-state index < -0.39 is 10.0 Å². The van der Waals surface area contributed by atoms with Gasteiger partial charge in [0.15, 0.2) is 0 Å². The van der Waals surface area contributed by atoms with Crippen molar-refractivity contribution < 1.29 is 13.2 Å². The molecular weight excluding hydrogens is 422 g/mol. The van der Waals surface area contributed by atoms with Crippen molar-refractivity contribution in [2.75, 3.05) is 37.6 Å². The molecule has 3 aromatic rings. The van der Waals surface area contributed by atoms with Gasteiger partial charge in [0.1, 0.15) is 0 Å². The van der Waals surface area contributed by atoms with Crippen LogP contribution < -0.4 is 4.90 Å². The molecule has 1 amide bonds. The van der Waals surface area contributed by atoms with Crippen LogP contribution in [0.3, 0.4) is 0 Å². The van der Waals surface area contributed by atoms with Crippen molar-refractivity contribution in [1.82, 2.24) is 9.21 Å². The van der Waals surface area contributed by atoms with E-state index >= 15 is 0 Å². The van der Waals surface area contributed by atoms with Crippen molar-refractivity contribution in [1.29, 1.82) is 0 Å². The molecule has 166 valence electrons. The Morgan fingerprint density at radius 3 is 2.31 bits per heavy atom. The third-order valence-corrected chi connectivity index (χ3v) is 8.58. The molecule has 1 saturated heterocycles. The number of nitrogens with zero attached hydrogens (tertiary/aromatic N) is 3. The molecule has 1 atom stereocenters. The summed E-state index contributed by atoms with van der Waals surface area (Å²) < 4.78 is 28.0. The van der Waals surface area contributed by atoms with Gasteiger partial charge in [0.2, 0.25) is 15.9 Å². The van der Waals surface area contributed by atoms with Crippen LogP contribution in [-0.4, -0.2) is 62.3 Å². The first kappa shape index (κ1) is 21.1. The van der Waals surface area contributed by atoms with Gasteiger partial charge in [0, 0.05) is 38.4 Å². The number of amides is 1. The van der Waals surface area contributed by atoms with Crippen LogP contribution in [0.4, 0.5) is 5.69 Å². The molecule has 0 saturated carbocycles. The largest absolute Gasteiger partial charge is 0.310 e. The first-order valence-corrected chi connectivity index (χ1v) is 12.5. The molecule has 0 spiro atoms. The van der Waals surface area contributed by atoms with E-state index in [0.29, 0.717) is 37.6 Å². The van der Waals surface area contributed by atoms with Gasteiger partial charge in [-0.25, -0.2) is 8.42 Å². The second-order valence-electron chi connectivity index (χ2n) is 8.49. The summed E-state index contributed by atoms with van der Waals surface area (Å²) in [5.74, 6) is 0.0841. The Labute approximate surface area is 189 Å². The van der Waals surface area contributed by atoms with Gasteiger partial charge in [0.05, 0.1) is 10.9 Å². The normalized spacial score (nSPS) is 18.6. The van der Waals surface area contributed by atoms with E-state index in [2.05, 4.69) is 11.0 Å². The minimum Gasteiger partial charge on any atom is -0.310 e. The molecule has 2 heterocycles. The second kappa shape index (κ2) is 8.31. The zero-order valence-electron chi connectivity index (χ0n) is 18.1. The molecule has 0 aliphatic carbocycles. The van der Waals surface area contributed by atoms with E-state index in [4.69, 9.17) is 0 Å². The van der Waals surface area contributed by atoms with Crippen LogP contribution in [0.1, 0.15) is 12.5 Å². The number of piperazine rings is 1. The highest BCUT2D eigenvalue weighted by molar-refractivity contribution is 7.89. The van der Waals surface area contributed by atoms with Gasteiger partial charge in [-0.3, -0.25) is 9.69 Å². The summed E-state index contributed by atoms with van der Waals surface area (Å²) >= 11 is 0. The highest BCUT2D eigenvalue weighted by Gasteiger charge is 2.35. The standard InChI is InChI=1S/C25H27N3O3S/c1-19(25(29)28-13-12-21-7-4-5-9-24(21)28)26-14-16-27(17-15-26)32(30,31)23-11-10-20-6-2-3-8-22(20)18-23/h2-11,18-19H,12-17H2,1H3/t19-/m0/s1. The van der Waals surface area contributed by atoms with Gasteiger partial charge >= 0.3 is 0 Å². The predicted octanol–water partition coefficient (Wildman–Crippen LogP) is 3.12. The Morgan fingerprint density at radius 1 is 0.844 bits per heavy atom. The Bertz CT molecular complexity index is 1270. The highest BCUT2D eigenvalue weighted by Crippen LogP contribution is 2.29. The molecule has 0 N–H and O–H groups in total. The van der Waals surface area contributed by atoms with Gasteiger partial charge in [0.25, 0.3) is 0 Å². The van der Waals surface area contributed by atoms with Crippen molar-refractivity contribution in [2.45, 2.75) is 24.3 Å². The Morgan fingerprint density at radius 2 is 1.53 bits per heavy atom. The van der Waals surface area contributed by atoms with E-state index in [-0.39, 0.29) is 11.9 Å². The van der Waals surface area contributed by atoms with Crippen LogP contribution in [0.15, 0.2) is 71.6 Å². The quantitative estimate of drug-likeness (QED) is 0.614. The maximum Gasteiger partial charge on any atom is 0.244 e. The molecule has 0 radical (unpaired) electrons. The molecular formula is C25H27N3O3S. The fourth-order valence-electron chi connectivity index (χ4n) is 4.76. The lowest BCUT2D eigenvalue weighted by atomic mass is 10.1. The molecule has 1 fully saturated rings. The van der Waals surface area contributed by atoms with Crippen LogP contribution in [0, 0.1) is 0 Å². The molecule has 5 rings (SSSR count). The van der Waals surface area contributed by atoms with E-state index in [9.17, 15) is 13.2 Å². The average molecular weight is 450 g/mol. The lowest BCUT2D eigenvalue weighted by Crippen LogP contribution is -2.55. The van der Waals surface area contributed by atoms with Crippen LogP contribution in [-0.2, 0) is 21.2 Å². The van der Waals surface area contributed by atoms with Crippen LogP contribution in [0.2, 0.25) is 0 Å². The van der Waals surface area contributed by atoms with Gasteiger partial charge in [-0.15, -0.1) is 0 Å². The average Bonchev–Trinajstić information content (AvgIpc) is 3.27. The first-order valence-electron chi connectivity index (χ1n) is 11.1. The zero-order valence-corrected chi connectivity index (χ0v) is 19.0. The molecule has 0 aromatic heterocycles. The number of para-hydroxylation sites is 1. The second-order valence-corrected chi connectivity index (χ2v) is 10.4.